The molecule has 48 nitrogen and oxygen atoms in total. The lowest BCUT2D eigenvalue weighted by molar-refractivity contribution is -0.397. The van der Waals surface area contributed by atoms with Gasteiger partial charge in [0.2, 0.25) is 23.6 Å². The van der Waals surface area contributed by atoms with Crippen molar-refractivity contribution in [2.24, 2.45) is 0 Å². The molecule has 7 aliphatic heterocycles. The second kappa shape index (κ2) is 39.5. The third-order valence-electron chi connectivity index (χ3n) is 18.9. The number of rotatable bonds is 33. The molecule has 0 spiro atoms. The Morgan fingerprint density at radius 1 is 0.421 bits per heavy atom. The smallest absolute Gasteiger partial charge is 0.364 e. The van der Waals surface area contributed by atoms with Gasteiger partial charge in [0, 0.05) is 34.1 Å². The summed E-state index contributed by atoms with van der Waals surface area (Å²) in [5.41, 5.74) is 0. The van der Waals surface area contributed by atoms with E-state index in [0.29, 0.717) is 0 Å². The zero-order valence-corrected chi connectivity index (χ0v) is 57.5. The first-order chi connectivity index (χ1) is 50.4. The lowest BCUT2D eigenvalue weighted by Gasteiger charge is -2.51. The molecular weight excluding hydrogens is 1470 g/mol. The average molecular weight is 1570 g/mol. The molecule has 0 unspecified atom stereocenters. The minimum absolute atomic E-state index is 0.795. The molecule has 107 heavy (non-hydrogen) atoms. The zero-order chi connectivity index (χ0) is 79.7. The molecule has 0 aromatic carbocycles. The quantitative estimate of drug-likeness (QED) is 0.0290. The first-order valence-electron chi connectivity index (χ1n) is 33.7. The number of aliphatic hydroxyl groups excluding tert-OH is 24. The molecule has 0 aliphatic carbocycles. The second-order valence-electron chi connectivity index (χ2n) is 26.6. The molecule has 40 atom stereocenters. The molecule has 0 aromatic heterocycles. The number of ether oxygens (including phenoxy) is 14. The lowest BCUT2D eigenvalue weighted by Crippen LogP contribution is -2.70. The van der Waals surface area contributed by atoms with Gasteiger partial charge in [-0.1, -0.05) is 0 Å². The summed E-state index contributed by atoms with van der Waals surface area (Å²) >= 11 is 0. The molecule has 0 saturated carbocycles. The van der Waals surface area contributed by atoms with Gasteiger partial charge in [0.1, 0.15) is 183 Å². The van der Waals surface area contributed by atoms with Crippen LogP contribution in [0.2, 0.25) is 0 Å². The third-order valence-corrected chi connectivity index (χ3v) is 18.9. The van der Waals surface area contributed by atoms with Crippen molar-refractivity contribution in [3.63, 3.8) is 0 Å². The largest absolute Gasteiger partial charge is 0.477 e. The van der Waals surface area contributed by atoms with Crippen molar-refractivity contribution in [3.05, 3.63) is 0 Å². The van der Waals surface area contributed by atoms with Crippen LogP contribution in [0.1, 0.15) is 34.1 Å². The number of aliphatic hydroxyl groups is 24. The number of amides is 4. The lowest BCUT2D eigenvalue weighted by atomic mass is 9.88. The van der Waals surface area contributed by atoms with E-state index < -0.39 is 340 Å². The molecule has 7 rings (SSSR count). The highest BCUT2D eigenvalue weighted by molar-refractivity contribution is 5.77. The molecule has 0 radical (unpaired) electrons. The maximum Gasteiger partial charge on any atom is 0.364 e. The average Bonchev–Trinajstić information content (AvgIpc) is 0.768. The van der Waals surface area contributed by atoms with Crippen LogP contribution in [0.25, 0.3) is 0 Å². The third kappa shape index (κ3) is 20.8. The van der Waals surface area contributed by atoms with E-state index in [1.54, 1.807) is 0 Å². The molecular formula is C59H100N4O44. The molecule has 7 saturated heterocycles. The SMILES string of the molecule is CC(=O)N[C@H]1[C@H](O[C@@H]([C@H](O)[C@H](CO)NC(C)=O)[C@H](O)CO)O[C@H](CO)[C@@H](O[C@@H]2O[C@H](CO[C@H]3O[C@H](CO)[C@@H](O)[C@H](O)[C@@H]3O)[C@@H](O)[C@H](O[C@H]3O[C@H](CO)[C@@H](O)[C@H](O)[C@@H]3O[C@@H]3O[C@H](CO)[C@@H](O[C@@H]4O[C@H](CO[C@]5(C(=O)O)C[C@H](O)[C@@H](NC(C)=O)[C@H]([C@H](O)[C@H](O)CO)O5)[C@H](O)[C@H](O)[C@H]4O)[C@H](O)[C@H]3NC(C)=O)[C@@H]2O)[C@@H]1O. The van der Waals surface area contributed by atoms with Crippen molar-refractivity contribution in [1.29, 1.82) is 0 Å². The number of aliphatic carboxylic acids is 1. The molecule has 7 heterocycles. The van der Waals surface area contributed by atoms with E-state index in [-0.39, 0.29) is 0 Å². The van der Waals surface area contributed by atoms with Gasteiger partial charge in [0.15, 0.2) is 37.7 Å². The molecule has 7 aliphatic rings. The summed E-state index contributed by atoms with van der Waals surface area (Å²) in [5, 5.41) is 283. The Hall–Kier alpha value is -4.17. The van der Waals surface area contributed by atoms with Crippen LogP contribution in [0.3, 0.4) is 0 Å². The summed E-state index contributed by atoms with van der Waals surface area (Å²) in [6.07, 6.45) is -76.5. The molecule has 29 N–H and O–H groups in total. The van der Waals surface area contributed by atoms with Crippen molar-refractivity contribution in [1.82, 2.24) is 21.3 Å². The summed E-state index contributed by atoms with van der Waals surface area (Å²) in [7, 11) is 0. The fourth-order valence-electron chi connectivity index (χ4n) is 13.2. The first kappa shape index (κ1) is 90.0. The highest BCUT2D eigenvalue weighted by atomic mass is 16.8. The molecule has 0 bridgehead atoms. The van der Waals surface area contributed by atoms with Gasteiger partial charge in [-0.15, -0.1) is 0 Å². The molecule has 48 heteroatoms. The highest BCUT2D eigenvalue weighted by Crippen LogP contribution is 2.40. The zero-order valence-electron chi connectivity index (χ0n) is 57.5. The van der Waals surface area contributed by atoms with E-state index in [4.69, 9.17) is 66.3 Å². The minimum atomic E-state index is -3.07. The van der Waals surface area contributed by atoms with E-state index in [1.807, 2.05) is 0 Å². The molecule has 4 amide bonds. The first-order valence-corrected chi connectivity index (χ1v) is 33.7. The Balaban J connectivity index is 1.18. The maximum absolute atomic E-state index is 13.0. The van der Waals surface area contributed by atoms with E-state index in [0.717, 1.165) is 27.7 Å². The van der Waals surface area contributed by atoms with E-state index in [1.165, 1.54) is 0 Å². The molecule has 620 valence electrons. The van der Waals surface area contributed by atoms with Crippen LogP contribution in [-0.4, -0.2) is 461 Å². The molecule has 7 fully saturated rings. The van der Waals surface area contributed by atoms with Crippen molar-refractivity contribution in [2.75, 3.05) is 59.5 Å². The van der Waals surface area contributed by atoms with Gasteiger partial charge in [-0.3, -0.25) is 19.2 Å². The van der Waals surface area contributed by atoms with Crippen molar-refractivity contribution in [3.8, 4) is 0 Å². The van der Waals surface area contributed by atoms with Crippen LogP contribution in [0.5, 0.6) is 0 Å². The van der Waals surface area contributed by atoms with Crippen molar-refractivity contribution in [2.45, 2.75) is 279 Å². The number of hydrogen-bond donors (Lipinski definition) is 29. The Morgan fingerprint density at radius 2 is 0.850 bits per heavy atom. The van der Waals surface area contributed by atoms with Crippen LogP contribution in [0.4, 0.5) is 0 Å². The number of carboxylic acids is 1. The van der Waals surface area contributed by atoms with Gasteiger partial charge in [-0.2, -0.15) is 0 Å². The van der Waals surface area contributed by atoms with Gasteiger partial charge in [0.25, 0.3) is 5.79 Å². The topological polar surface area (TPSA) is 768 Å². The van der Waals surface area contributed by atoms with E-state index in [9.17, 15) is 152 Å². The summed E-state index contributed by atoms with van der Waals surface area (Å²) in [6, 6.07) is -7.25. The van der Waals surface area contributed by atoms with Crippen LogP contribution in [0, 0.1) is 0 Å². The van der Waals surface area contributed by atoms with Crippen molar-refractivity contribution < 1.29 is 218 Å². The van der Waals surface area contributed by atoms with Gasteiger partial charge in [-0.25, -0.2) is 4.79 Å². The normalized spacial score (nSPS) is 43.8. The Morgan fingerprint density at radius 3 is 1.35 bits per heavy atom. The van der Waals surface area contributed by atoms with Crippen LogP contribution < -0.4 is 21.3 Å². The summed E-state index contributed by atoms with van der Waals surface area (Å²) in [4.78, 5) is 62.8. The number of carboxylic acid groups (broad SMARTS) is 1. The van der Waals surface area contributed by atoms with Gasteiger partial charge >= 0.3 is 5.97 Å². The standard InChI is InChI=1S/C59H100N4O44/c1-15(71)60-19(6-64)32(78)46(22(77)8-66)102-52-30(62-17(3)73)38(84)48(26(12-70)98-52)104-56-45(91)50(37(83)27(100-56)13-94-54-43(89)40(86)34(80)23(9-67)96-54)105-57-51(42(88)35(81)24(10-68)97-57)106-53-31(63-18(4)74)39(85)47(25(11-69)99-53)103-55-44(90)41(87)36(82)28(101-55)14-95-59(58(92)93)5-20(75)29(61-16(2)72)49(107-59)33(79)21(76)7-65/h19-57,64-70,75-91H,5-14H2,1-4H3,(H,60,71)(H,61,72)(H,62,73)(H,63,74)(H,92,93)/t19-,20-,21+,22+,23+,24+,25+,26+,27+,28+,29+,30+,31+,32+,33+,34+,35+,36-,37+,38+,39+,40-,41-,42-,43-,44+,45-,46+,47+,48+,49+,50-,51-,52-,53-,54-,55-,56-,57+,59+/m0/s1. The highest BCUT2D eigenvalue weighted by Gasteiger charge is 2.61. The van der Waals surface area contributed by atoms with Gasteiger partial charge < -0.3 is 215 Å². The summed E-state index contributed by atoms with van der Waals surface area (Å²) < 4.78 is 81.7. The van der Waals surface area contributed by atoms with Crippen LogP contribution in [-0.2, 0) is 90.3 Å². The number of carbonyl (C=O) groups is 5. The number of hydrogen-bond acceptors (Lipinski definition) is 43. The Kier molecular flexibility index (Phi) is 33.3. The van der Waals surface area contributed by atoms with Crippen LogP contribution >= 0.6 is 0 Å². The second-order valence-corrected chi connectivity index (χ2v) is 26.6. The summed E-state index contributed by atoms with van der Waals surface area (Å²) in [5.74, 6) is -8.69. The Bertz CT molecular complexity index is 2820. The van der Waals surface area contributed by atoms with E-state index >= 15 is 0 Å². The fourth-order valence-corrected chi connectivity index (χ4v) is 13.2. The number of carbonyl (C=O) groups excluding carboxylic acids is 4. The summed E-state index contributed by atoms with van der Waals surface area (Å²) in [6.45, 7) is -6.36. The number of nitrogens with one attached hydrogen (secondary N) is 4. The van der Waals surface area contributed by atoms with Gasteiger partial charge in [-0.05, 0) is 0 Å². The Labute approximate surface area is 605 Å². The predicted molar refractivity (Wildman–Crippen MR) is 330 cm³/mol. The maximum atomic E-state index is 13.0. The van der Waals surface area contributed by atoms with E-state index in [2.05, 4.69) is 21.3 Å². The van der Waals surface area contributed by atoms with Gasteiger partial charge in [0.05, 0.1) is 77.6 Å². The predicted octanol–water partition coefficient (Wildman–Crippen LogP) is -19.0. The fraction of sp³-hybridized carbons (Fsp3) is 0.915. The molecule has 0 aromatic rings. The minimum Gasteiger partial charge on any atom is -0.477 e. The monoisotopic (exact) mass is 1570 g/mol. The van der Waals surface area contributed by atoms with Crippen LogP contribution in [0.15, 0.2) is 0 Å². The van der Waals surface area contributed by atoms with Crippen molar-refractivity contribution >= 4 is 29.6 Å².